The summed E-state index contributed by atoms with van der Waals surface area (Å²) in [7, 11) is 0. The van der Waals surface area contributed by atoms with Crippen molar-refractivity contribution in [2.24, 2.45) is 0 Å². The van der Waals surface area contributed by atoms with Crippen LogP contribution in [0.3, 0.4) is 0 Å². The van der Waals surface area contributed by atoms with E-state index in [1.54, 1.807) is 6.08 Å². The zero-order chi connectivity index (χ0) is 12.2. The van der Waals surface area contributed by atoms with Gasteiger partial charge in [-0.05, 0) is 12.0 Å². The fourth-order valence-electron chi connectivity index (χ4n) is 0.967. The molecular formula is C13H18O3. The molecule has 0 bridgehead atoms. The third-order valence-electron chi connectivity index (χ3n) is 1.68. The first-order valence-electron chi connectivity index (χ1n) is 5.25. The second-order valence-electron chi connectivity index (χ2n) is 3.14. The second kappa shape index (κ2) is 9.93. The summed E-state index contributed by atoms with van der Waals surface area (Å²) in [4.78, 5) is 9.60. The van der Waals surface area contributed by atoms with Crippen LogP contribution in [0.1, 0.15) is 25.3 Å². The Hall–Kier alpha value is -1.61. The van der Waals surface area contributed by atoms with Gasteiger partial charge in [0.15, 0.2) is 0 Å². The maximum Gasteiger partial charge on any atom is 0.303 e. The average Bonchev–Trinajstić information content (AvgIpc) is 2.28. The van der Waals surface area contributed by atoms with Crippen molar-refractivity contribution in [1.29, 1.82) is 0 Å². The number of carboxylic acids is 1. The van der Waals surface area contributed by atoms with Gasteiger partial charge in [-0.1, -0.05) is 49.4 Å². The first-order valence-corrected chi connectivity index (χ1v) is 5.25. The third kappa shape index (κ3) is 8.97. The highest BCUT2D eigenvalue weighted by Crippen LogP contribution is 1.99. The molecule has 0 saturated heterocycles. The highest BCUT2D eigenvalue weighted by atomic mass is 16.4. The van der Waals surface area contributed by atoms with Crippen LogP contribution in [-0.2, 0) is 4.79 Å². The molecule has 0 unspecified atom stereocenters. The molecule has 0 radical (unpaired) electrons. The van der Waals surface area contributed by atoms with Crippen LogP contribution in [0.2, 0.25) is 0 Å². The molecule has 0 atom stereocenters. The predicted octanol–water partition coefficient (Wildman–Crippen LogP) is 2.56. The maximum atomic E-state index is 9.60. The zero-order valence-electron chi connectivity index (χ0n) is 9.47. The zero-order valence-corrected chi connectivity index (χ0v) is 9.47. The lowest BCUT2D eigenvalue weighted by Gasteiger charge is -1.88. The van der Waals surface area contributed by atoms with Gasteiger partial charge in [-0.25, -0.2) is 0 Å². The van der Waals surface area contributed by atoms with Crippen LogP contribution in [0, 0.1) is 0 Å². The molecule has 0 fully saturated rings. The van der Waals surface area contributed by atoms with E-state index in [1.165, 1.54) is 0 Å². The van der Waals surface area contributed by atoms with Crippen molar-refractivity contribution >= 4 is 12.0 Å². The molecule has 0 saturated carbocycles. The number of hydrogen-bond acceptors (Lipinski definition) is 2. The number of aliphatic hydroxyl groups is 1. The van der Waals surface area contributed by atoms with Crippen LogP contribution < -0.4 is 0 Å². The normalized spacial score (nSPS) is 9.62. The van der Waals surface area contributed by atoms with Gasteiger partial charge in [0.05, 0.1) is 6.61 Å². The van der Waals surface area contributed by atoms with Crippen LogP contribution in [0.25, 0.3) is 6.08 Å². The van der Waals surface area contributed by atoms with Crippen molar-refractivity contribution in [2.75, 3.05) is 6.61 Å². The molecule has 1 aromatic rings. The Bertz CT molecular complexity index is 304. The molecule has 0 aliphatic carbocycles. The van der Waals surface area contributed by atoms with E-state index >= 15 is 0 Å². The molecule has 0 aliphatic heterocycles. The van der Waals surface area contributed by atoms with Crippen molar-refractivity contribution < 1.29 is 15.0 Å². The Kier molecular flexibility index (Phi) is 8.93. The van der Waals surface area contributed by atoms with E-state index in [9.17, 15) is 4.79 Å². The smallest absolute Gasteiger partial charge is 0.303 e. The Morgan fingerprint density at radius 3 is 2.31 bits per heavy atom. The number of aliphatic carboxylic acids is 1. The average molecular weight is 222 g/mol. The summed E-state index contributed by atoms with van der Waals surface area (Å²) in [6.45, 7) is 1.95. The van der Waals surface area contributed by atoms with Gasteiger partial charge < -0.3 is 10.2 Å². The minimum atomic E-state index is -0.711. The molecule has 1 rings (SSSR count). The summed E-state index contributed by atoms with van der Waals surface area (Å²) in [5, 5.41) is 16.4. The Morgan fingerprint density at radius 1 is 1.31 bits per heavy atom. The van der Waals surface area contributed by atoms with Gasteiger partial charge in [0.1, 0.15) is 0 Å². The van der Waals surface area contributed by atoms with Gasteiger partial charge in [-0.2, -0.15) is 0 Å². The van der Waals surface area contributed by atoms with E-state index in [1.807, 2.05) is 43.3 Å². The third-order valence-corrected chi connectivity index (χ3v) is 1.68. The molecule has 2 N–H and O–H groups in total. The largest absolute Gasteiger partial charge is 0.481 e. The highest BCUT2D eigenvalue weighted by Gasteiger charge is 1.87. The SMILES string of the molecule is CCCC(=O)O.OCC=Cc1ccccc1. The van der Waals surface area contributed by atoms with E-state index in [2.05, 4.69) is 0 Å². The Morgan fingerprint density at radius 2 is 1.94 bits per heavy atom. The molecule has 0 heterocycles. The lowest BCUT2D eigenvalue weighted by Crippen LogP contribution is -1.90. The van der Waals surface area contributed by atoms with Crippen LogP contribution in [0.5, 0.6) is 0 Å². The predicted molar refractivity (Wildman–Crippen MR) is 65.1 cm³/mol. The second-order valence-corrected chi connectivity index (χ2v) is 3.14. The first kappa shape index (κ1) is 14.4. The minimum Gasteiger partial charge on any atom is -0.481 e. The summed E-state index contributed by atoms with van der Waals surface area (Å²) in [6, 6.07) is 9.89. The van der Waals surface area contributed by atoms with Crippen molar-refractivity contribution in [1.82, 2.24) is 0 Å². The van der Waals surface area contributed by atoms with Gasteiger partial charge in [0, 0.05) is 6.42 Å². The van der Waals surface area contributed by atoms with Crippen molar-refractivity contribution in [3.05, 3.63) is 42.0 Å². The number of carbonyl (C=O) groups is 1. The quantitative estimate of drug-likeness (QED) is 0.823. The van der Waals surface area contributed by atoms with Gasteiger partial charge in [0.2, 0.25) is 0 Å². The molecule has 16 heavy (non-hydrogen) atoms. The standard InChI is InChI=1S/C9H10O.C4H8O2/c10-8-4-7-9-5-2-1-3-6-9;1-2-3-4(5)6/h1-7,10H,8H2;2-3H2,1H3,(H,5,6). The number of benzene rings is 1. The fraction of sp³-hybridized carbons (Fsp3) is 0.308. The summed E-state index contributed by atoms with van der Waals surface area (Å²) in [5.41, 5.74) is 1.12. The molecule has 0 aromatic heterocycles. The van der Waals surface area contributed by atoms with Gasteiger partial charge in [-0.3, -0.25) is 4.79 Å². The topological polar surface area (TPSA) is 57.5 Å². The number of carboxylic acid groups (broad SMARTS) is 1. The molecule has 0 amide bonds. The van der Waals surface area contributed by atoms with Crippen LogP contribution >= 0.6 is 0 Å². The van der Waals surface area contributed by atoms with Crippen LogP contribution in [-0.4, -0.2) is 22.8 Å². The molecule has 1 aromatic carbocycles. The monoisotopic (exact) mass is 222 g/mol. The summed E-state index contributed by atoms with van der Waals surface area (Å²) >= 11 is 0. The maximum absolute atomic E-state index is 9.60. The van der Waals surface area contributed by atoms with Crippen LogP contribution in [0.4, 0.5) is 0 Å². The highest BCUT2D eigenvalue weighted by molar-refractivity contribution is 5.66. The van der Waals surface area contributed by atoms with Crippen LogP contribution in [0.15, 0.2) is 36.4 Å². The molecule has 0 spiro atoms. The van der Waals surface area contributed by atoms with E-state index < -0.39 is 5.97 Å². The van der Waals surface area contributed by atoms with E-state index in [0.29, 0.717) is 6.42 Å². The number of aliphatic hydroxyl groups excluding tert-OH is 1. The van der Waals surface area contributed by atoms with Gasteiger partial charge >= 0.3 is 5.97 Å². The van der Waals surface area contributed by atoms with E-state index in [-0.39, 0.29) is 6.61 Å². The minimum absolute atomic E-state index is 0.106. The fourth-order valence-corrected chi connectivity index (χ4v) is 0.967. The molecule has 3 heteroatoms. The lowest BCUT2D eigenvalue weighted by molar-refractivity contribution is -0.137. The van der Waals surface area contributed by atoms with E-state index in [4.69, 9.17) is 10.2 Å². The van der Waals surface area contributed by atoms with Crippen molar-refractivity contribution in [2.45, 2.75) is 19.8 Å². The summed E-state index contributed by atoms with van der Waals surface area (Å²) in [6.07, 6.45) is 4.63. The van der Waals surface area contributed by atoms with Gasteiger partial charge in [0.25, 0.3) is 0 Å². The Labute approximate surface area is 96.1 Å². The molecule has 0 aliphatic rings. The summed E-state index contributed by atoms with van der Waals surface area (Å²) in [5.74, 6) is -0.711. The number of rotatable bonds is 4. The van der Waals surface area contributed by atoms with Gasteiger partial charge in [-0.15, -0.1) is 0 Å². The lowest BCUT2D eigenvalue weighted by atomic mass is 10.2. The molecule has 3 nitrogen and oxygen atoms in total. The van der Waals surface area contributed by atoms with Crippen molar-refractivity contribution in [3.63, 3.8) is 0 Å². The van der Waals surface area contributed by atoms with E-state index in [0.717, 1.165) is 12.0 Å². The molecular weight excluding hydrogens is 204 g/mol. The first-order chi connectivity index (χ1) is 7.70. The van der Waals surface area contributed by atoms with Crippen molar-refractivity contribution in [3.8, 4) is 0 Å². The number of hydrogen-bond donors (Lipinski definition) is 2. The summed E-state index contributed by atoms with van der Waals surface area (Å²) < 4.78 is 0. The Balaban J connectivity index is 0.000000325. The molecule has 88 valence electrons.